The summed E-state index contributed by atoms with van der Waals surface area (Å²) in [4.78, 5) is 15.8. The molecule has 0 aliphatic carbocycles. The van der Waals surface area contributed by atoms with Gasteiger partial charge >= 0.3 is 0 Å². The molecule has 0 N–H and O–H groups in total. The van der Waals surface area contributed by atoms with Crippen molar-refractivity contribution in [1.29, 1.82) is 0 Å². The molecule has 0 radical (unpaired) electrons. The summed E-state index contributed by atoms with van der Waals surface area (Å²) in [5, 5.41) is 0.256. The summed E-state index contributed by atoms with van der Waals surface area (Å²) >= 11 is 11.5. The number of pyridine rings is 1. The molecule has 1 aromatic heterocycles. The number of aromatic nitrogens is 1. The van der Waals surface area contributed by atoms with Crippen molar-refractivity contribution in [3.8, 4) is 0 Å². The van der Waals surface area contributed by atoms with Crippen molar-refractivity contribution in [3.63, 3.8) is 0 Å². The normalized spacial score (nSPS) is 10.4. The SMILES string of the molecule is O=C(Cc1cccc(Cl)c1F)c1ccncc1Cl. The minimum absolute atomic E-state index is 0.00104. The van der Waals surface area contributed by atoms with Crippen molar-refractivity contribution in [2.24, 2.45) is 0 Å². The molecule has 2 nitrogen and oxygen atoms in total. The van der Waals surface area contributed by atoms with Gasteiger partial charge in [-0.05, 0) is 17.7 Å². The van der Waals surface area contributed by atoms with E-state index in [1.54, 1.807) is 6.07 Å². The van der Waals surface area contributed by atoms with Crippen LogP contribution < -0.4 is 0 Å². The predicted octanol–water partition coefficient (Wildman–Crippen LogP) is 3.95. The average Bonchev–Trinajstić information content (AvgIpc) is 2.35. The second-order valence-corrected chi connectivity index (χ2v) is 4.48. The molecule has 1 aromatic carbocycles. The van der Waals surface area contributed by atoms with Crippen molar-refractivity contribution >= 4 is 29.0 Å². The Morgan fingerprint density at radius 2 is 2.00 bits per heavy atom. The van der Waals surface area contributed by atoms with Gasteiger partial charge in [-0.2, -0.15) is 0 Å². The molecule has 0 unspecified atom stereocenters. The van der Waals surface area contributed by atoms with Crippen LogP contribution in [0.25, 0.3) is 0 Å². The Morgan fingerprint density at radius 3 is 2.72 bits per heavy atom. The van der Waals surface area contributed by atoms with Gasteiger partial charge in [0.25, 0.3) is 0 Å². The highest BCUT2D eigenvalue weighted by Crippen LogP contribution is 2.21. The van der Waals surface area contributed by atoms with Gasteiger partial charge in [0, 0.05) is 24.4 Å². The summed E-state index contributed by atoms with van der Waals surface area (Å²) < 4.78 is 13.6. The van der Waals surface area contributed by atoms with Crippen LogP contribution in [0.3, 0.4) is 0 Å². The first-order valence-corrected chi connectivity index (χ1v) is 5.91. The van der Waals surface area contributed by atoms with E-state index in [2.05, 4.69) is 4.98 Å². The molecule has 2 rings (SSSR count). The van der Waals surface area contributed by atoms with Crippen LogP contribution in [0, 0.1) is 5.82 Å². The standard InChI is InChI=1S/C13H8Cl2FNO/c14-10-3-1-2-8(13(10)16)6-12(18)9-4-5-17-7-11(9)15/h1-5,7H,6H2. The first-order chi connectivity index (χ1) is 8.59. The zero-order valence-electron chi connectivity index (χ0n) is 9.16. The molecule has 2 aromatic rings. The van der Waals surface area contributed by atoms with Gasteiger partial charge in [0.1, 0.15) is 5.82 Å². The van der Waals surface area contributed by atoms with Crippen molar-refractivity contribution in [3.05, 3.63) is 63.6 Å². The number of ketones is 1. The van der Waals surface area contributed by atoms with Crippen LogP contribution in [0.1, 0.15) is 15.9 Å². The molecule has 0 bridgehead atoms. The fourth-order valence-electron chi connectivity index (χ4n) is 1.55. The van der Waals surface area contributed by atoms with Gasteiger partial charge in [0.15, 0.2) is 5.78 Å². The fourth-order valence-corrected chi connectivity index (χ4v) is 1.97. The molecule has 0 aliphatic heterocycles. The van der Waals surface area contributed by atoms with Gasteiger partial charge < -0.3 is 0 Å². The van der Waals surface area contributed by atoms with Crippen LogP contribution in [0.5, 0.6) is 0 Å². The molecule has 0 spiro atoms. The molecular weight excluding hydrogens is 276 g/mol. The Labute approximate surface area is 113 Å². The number of hydrogen-bond donors (Lipinski definition) is 0. The first kappa shape index (κ1) is 13.0. The van der Waals surface area contributed by atoms with Gasteiger partial charge in [-0.1, -0.05) is 35.3 Å². The van der Waals surface area contributed by atoms with E-state index >= 15 is 0 Å². The molecule has 0 saturated heterocycles. The molecule has 92 valence electrons. The lowest BCUT2D eigenvalue weighted by molar-refractivity contribution is 0.0992. The summed E-state index contributed by atoms with van der Waals surface area (Å²) in [6.07, 6.45) is 2.76. The number of benzene rings is 1. The Hall–Kier alpha value is -1.45. The van der Waals surface area contributed by atoms with E-state index in [4.69, 9.17) is 23.2 Å². The summed E-state index contributed by atoms with van der Waals surface area (Å²) in [6, 6.07) is 6.06. The number of carbonyl (C=O) groups is 1. The monoisotopic (exact) mass is 283 g/mol. The second-order valence-electron chi connectivity index (χ2n) is 3.67. The van der Waals surface area contributed by atoms with Gasteiger partial charge in [-0.15, -0.1) is 0 Å². The lowest BCUT2D eigenvalue weighted by atomic mass is 10.0. The van der Waals surface area contributed by atoms with Crippen LogP contribution in [0.15, 0.2) is 36.7 Å². The van der Waals surface area contributed by atoms with Gasteiger partial charge in [0.2, 0.25) is 0 Å². The van der Waals surface area contributed by atoms with Crippen LogP contribution in [-0.2, 0) is 6.42 Å². The maximum Gasteiger partial charge on any atom is 0.168 e. The Balaban J connectivity index is 2.27. The average molecular weight is 284 g/mol. The Morgan fingerprint density at radius 1 is 1.22 bits per heavy atom. The quantitative estimate of drug-likeness (QED) is 0.799. The number of rotatable bonds is 3. The van der Waals surface area contributed by atoms with Crippen molar-refractivity contribution < 1.29 is 9.18 Å². The van der Waals surface area contributed by atoms with Crippen LogP contribution in [0.4, 0.5) is 4.39 Å². The number of nitrogens with zero attached hydrogens (tertiary/aromatic N) is 1. The molecule has 5 heteroatoms. The maximum absolute atomic E-state index is 13.6. The molecule has 1 heterocycles. The number of carbonyl (C=O) groups excluding carboxylic acids is 1. The van der Waals surface area contributed by atoms with Crippen molar-refractivity contribution in [2.45, 2.75) is 6.42 Å². The van der Waals surface area contributed by atoms with Crippen LogP contribution in [0.2, 0.25) is 10.0 Å². The summed E-state index contributed by atoms with van der Waals surface area (Å²) in [5.74, 6) is -0.846. The van der Waals surface area contributed by atoms with Gasteiger partial charge in [-0.25, -0.2) is 4.39 Å². The zero-order chi connectivity index (χ0) is 13.1. The minimum Gasteiger partial charge on any atom is -0.294 e. The summed E-state index contributed by atoms with van der Waals surface area (Å²) in [6.45, 7) is 0. The largest absolute Gasteiger partial charge is 0.294 e. The number of hydrogen-bond acceptors (Lipinski definition) is 2. The maximum atomic E-state index is 13.6. The first-order valence-electron chi connectivity index (χ1n) is 5.15. The van der Waals surface area contributed by atoms with Crippen molar-refractivity contribution in [2.75, 3.05) is 0 Å². The van der Waals surface area contributed by atoms with E-state index in [-0.39, 0.29) is 27.8 Å². The predicted molar refractivity (Wildman–Crippen MR) is 68.7 cm³/mol. The molecule has 0 aliphatic rings. The van der Waals surface area contributed by atoms with E-state index in [9.17, 15) is 9.18 Å². The third-order valence-electron chi connectivity index (χ3n) is 2.46. The Kier molecular flexibility index (Phi) is 3.94. The molecular formula is C13H8Cl2FNO. The third-order valence-corrected chi connectivity index (χ3v) is 3.05. The third kappa shape index (κ3) is 2.68. The molecule has 0 saturated carbocycles. The summed E-state index contributed by atoms with van der Waals surface area (Å²) in [5.41, 5.74) is 0.575. The van der Waals surface area contributed by atoms with Gasteiger partial charge in [0.05, 0.1) is 10.0 Å². The van der Waals surface area contributed by atoms with Crippen molar-refractivity contribution in [1.82, 2.24) is 4.98 Å². The molecule has 0 atom stereocenters. The molecule has 18 heavy (non-hydrogen) atoms. The fraction of sp³-hybridized carbons (Fsp3) is 0.0769. The smallest absolute Gasteiger partial charge is 0.168 e. The lowest BCUT2D eigenvalue weighted by Crippen LogP contribution is -2.06. The highest BCUT2D eigenvalue weighted by atomic mass is 35.5. The van der Waals surface area contributed by atoms with E-state index in [0.29, 0.717) is 5.56 Å². The van der Waals surface area contributed by atoms with Crippen LogP contribution in [-0.4, -0.2) is 10.8 Å². The Bertz CT molecular complexity index is 601. The zero-order valence-corrected chi connectivity index (χ0v) is 10.7. The molecule has 0 fully saturated rings. The van der Waals surface area contributed by atoms with E-state index in [1.807, 2.05) is 0 Å². The summed E-state index contributed by atoms with van der Waals surface area (Å²) in [7, 11) is 0. The van der Waals surface area contributed by atoms with Gasteiger partial charge in [-0.3, -0.25) is 9.78 Å². The van der Waals surface area contributed by atoms with E-state index in [0.717, 1.165) is 0 Å². The van der Waals surface area contributed by atoms with E-state index in [1.165, 1.54) is 30.6 Å². The van der Waals surface area contributed by atoms with E-state index < -0.39 is 5.82 Å². The highest BCUT2D eigenvalue weighted by molar-refractivity contribution is 6.34. The topological polar surface area (TPSA) is 30.0 Å². The number of halogens is 3. The van der Waals surface area contributed by atoms with Crippen LogP contribution >= 0.6 is 23.2 Å². The minimum atomic E-state index is -0.572. The second kappa shape index (κ2) is 5.46. The highest BCUT2D eigenvalue weighted by Gasteiger charge is 2.14. The lowest BCUT2D eigenvalue weighted by Gasteiger charge is -2.05. The molecule has 0 amide bonds. The number of Topliss-reactive ketones (excluding diaryl/α,β-unsaturated/α-hetero) is 1.